The van der Waals surface area contributed by atoms with Gasteiger partial charge in [0.25, 0.3) is 0 Å². The van der Waals surface area contributed by atoms with Crippen molar-refractivity contribution in [1.29, 1.82) is 0 Å². The zero-order chi connectivity index (χ0) is 16.0. The number of methoxy groups -OCH3 is 1. The first-order chi connectivity index (χ1) is 10.5. The molecule has 118 valence electrons. The minimum Gasteiger partial charge on any atom is -0.497 e. The number of sulfonamides is 1. The fourth-order valence-corrected chi connectivity index (χ4v) is 3.51. The lowest BCUT2D eigenvalue weighted by Crippen LogP contribution is -2.27. The second kappa shape index (κ2) is 7.63. The number of halogens is 1. The van der Waals surface area contributed by atoms with Crippen LogP contribution in [0.5, 0.6) is 5.75 Å². The van der Waals surface area contributed by atoms with Crippen molar-refractivity contribution in [2.45, 2.75) is 12.2 Å². The molecule has 0 saturated heterocycles. The Hall–Kier alpha value is -1.56. The van der Waals surface area contributed by atoms with Gasteiger partial charge >= 0.3 is 0 Å². The Bertz CT molecular complexity index is 732. The molecule has 6 heteroatoms. The van der Waals surface area contributed by atoms with Crippen LogP contribution >= 0.6 is 11.6 Å². The Morgan fingerprint density at radius 1 is 1.14 bits per heavy atom. The van der Waals surface area contributed by atoms with Crippen LogP contribution in [0, 0.1) is 0 Å². The van der Waals surface area contributed by atoms with Crippen molar-refractivity contribution in [3.05, 3.63) is 64.7 Å². The molecule has 0 atom stereocenters. The minimum atomic E-state index is -3.41. The lowest BCUT2D eigenvalue weighted by atomic mass is 10.1. The molecular formula is C16H18ClNO3S. The molecule has 2 aromatic carbocycles. The van der Waals surface area contributed by atoms with E-state index in [0.29, 0.717) is 23.6 Å². The van der Waals surface area contributed by atoms with Crippen LogP contribution in [-0.2, 0) is 22.2 Å². The van der Waals surface area contributed by atoms with Crippen LogP contribution in [-0.4, -0.2) is 22.1 Å². The van der Waals surface area contributed by atoms with Crippen LogP contribution in [0.2, 0.25) is 5.02 Å². The van der Waals surface area contributed by atoms with Crippen molar-refractivity contribution in [3.63, 3.8) is 0 Å². The van der Waals surface area contributed by atoms with Crippen LogP contribution in [0.1, 0.15) is 11.1 Å². The van der Waals surface area contributed by atoms with Crippen molar-refractivity contribution in [2.24, 2.45) is 0 Å². The molecule has 0 saturated carbocycles. The quantitative estimate of drug-likeness (QED) is 0.843. The highest BCUT2D eigenvalue weighted by atomic mass is 35.5. The molecule has 0 bridgehead atoms. The fraction of sp³-hybridized carbons (Fsp3) is 0.250. The summed E-state index contributed by atoms with van der Waals surface area (Å²) < 4.78 is 31.9. The molecule has 0 amide bonds. The van der Waals surface area contributed by atoms with E-state index < -0.39 is 10.0 Å². The zero-order valence-electron chi connectivity index (χ0n) is 12.3. The van der Waals surface area contributed by atoms with E-state index in [2.05, 4.69) is 4.72 Å². The molecule has 0 unspecified atom stereocenters. The summed E-state index contributed by atoms with van der Waals surface area (Å²) in [7, 11) is -1.81. The third-order valence-corrected chi connectivity index (χ3v) is 4.88. The summed E-state index contributed by atoms with van der Waals surface area (Å²) in [5, 5.41) is 0.459. The van der Waals surface area contributed by atoms with Crippen LogP contribution in [0.15, 0.2) is 48.5 Å². The molecule has 0 aliphatic carbocycles. The third kappa shape index (κ3) is 5.02. The number of hydrogen-bond donors (Lipinski definition) is 1. The molecule has 0 radical (unpaired) electrons. The maximum Gasteiger partial charge on any atom is 0.215 e. The Morgan fingerprint density at radius 3 is 2.64 bits per heavy atom. The predicted molar refractivity (Wildman–Crippen MR) is 88.8 cm³/mol. The molecule has 1 N–H and O–H groups in total. The van der Waals surface area contributed by atoms with E-state index in [4.69, 9.17) is 16.3 Å². The molecular weight excluding hydrogens is 322 g/mol. The van der Waals surface area contributed by atoms with Crippen molar-refractivity contribution >= 4 is 21.6 Å². The first kappa shape index (κ1) is 16.8. The van der Waals surface area contributed by atoms with Gasteiger partial charge in [-0.25, -0.2) is 13.1 Å². The van der Waals surface area contributed by atoms with E-state index in [9.17, 15) is 8.42 Å². The van der Waals surface area contributed by atoms with Crippen molar-refractivity contribution in [2.75, 3.05) is 13.7 Å². The summed E-state index contributed by atoms with van der Waals surface area (Å²) in [5.74, 6) is 0.640. The maximum absolute atomic E-state index is 12.1. The van der Waals surface area contributed by atoms with Gasteiger partial charge in [0, 0.05) is 11.6 Å². The summed E-state index contributed by atoms with van der Waals surface area (Å²) in [6, 6.07) is 14.5. The topological polar surface area (TPSA) is 55.4 Å². The van der Waals surface area contributed by atoms with E-state index >= 15 is 0 Å². The van der Waals surface area contributed by atoms with Crippen molar-refractivity contribution in [3.8, 4) is 5.75 Å². The van der Waals surface area contributed by atoms with E-state index in [1.807, 2.05) is 24.3 Å². The number of rotatable bonds is 7. The monoisotopic (exact) mass is 339 g/mol. The van der Waals surface area contributed by atoms with Gasteiger partial charge in [-0.1, -0.05) is 41.9 Å². The number of hydrogen-bond acceptors (Lipinski definition) is 3. The van der Waals surface area contributed by atoms with Gasteiger partial charge in [-0.3, -0.25) is 0 Å². The Labute approximate surface area is 136 Å². The molecule has 0 spiro atoms. The summed E-state index contributed by atoms with van der Waals surface area (Å²) in [4.78, 5) is 0. The molecule has 4 nitrogen and oxygen atoms in total. The summed E-state index contributed by atoms with van der Waals surface area (Å²) in [6.45, 7) is 0.333. The Balaban J connectivity index is 1.91. The van der Waals surface area contributed by atoms with Crippen molar-refractivity contribution in [1.82, 2.24) is 4.72 Å². The molecule has 0 fully saturated rings. The summed E-state index contributed by atoms with van der Waals surface area (Å²) >= 11 is 5.99. The van der Waals surface area contributed by atoms with Gasteiger partial charge in [-0.15, -0.1) is 0 Å². The fourth-order valence-electron chi connectivity index (χ4n) is 2.05. The van der Waals surface area contributed by atoms with E-state index in [-0.39, 0.29) is 5.75 Å². The van der Waals surface area contributed by atoms with Gasteiger partial charge in [0.1, 0.15) is 5.75 Å². The van der Waals surface area contributed by atoms with Gasteiger partial charge < -0.3 is 4.74 Å². The average Bonchev–Trinajstić information content (AvgIpc) is 2.49. The van der Waals surface area contributed by atoms with E-state index in [1.165, 1.54) is 0 Å². The van der Waals surface area contributed by atoms with E-state index in [0.717, 1.165) is 11.3 Å². The minimum absolute atomic E-state index is 0.120. The molecule has 0 heterocycles. The number of ether oxygens (including phenoxy) is 1. The second-order valence-electron chi connectivity index (χ2n) is 4.85. The van der Waals surface area contributed by atoms with Gasteiger partial charge in [0.15, 0.2) is 0 Å². The molecule has 0 aromatic heterocycles. The summed E-state index contributed by atoms with van der Waals surface area (Å²) in [5.41, 5.74) is 1.61. The Morgan fingerprint density at radius 2 is 1.91 bits per heavy atom. The van der Waals surface area contributed by atoms with Crippen LogP contribution in [0.4, 0.5) is 0 Å². The predicted octanol–water partition coefficient (Wildman–Crippen LogP) is 3.01. The first-order valence-corrected chi connectivity index (χ1v) is 8.87. The molecule has 22 heavy (non-hydrogen) atoms. The normalized spacial score (nSPS) is 11.4. The largest absolute Gasteiger partial charge is 0.497 e. The molecule has 2 aromatic rings. The molecule has 2 rings (SSSR count). The Kier molecular flexibility index (Phi) is 5.83. The van der Waals surface area contributed by atoms with Crippen LogP contribution in [0.3, 0.4) is 0 Å². The van der Waals surface area contributed by atoms with Crippen LogP contribution in [0.25, 0.3) is 0 Å². The SMILES string of the molecule is COc1cccc(CCNS(=O)(=O)Cc2ccccc2Cl)c1. The van der Waals surface area contributed by atoms with E-state index in [1.54, 1.807) is 31.4 Å². The first-order valence-electron chi connectivity index (χ1n) is 6.84. The second-order valence-corrected chi connectivity index (χ2v) is 7.06. The van der Waals surface area contributed by atoms with Gasteiger partial charge in [0.2, 0.25) is 10.0 Å². The highest BCUT2D eigenvalue weighted by Gasteiger charge is 2.13. The third-order valence-electron chi connectivity index (χ3n) is 3.17. The summed E-state index contributed by atoms with van der Waals surface area (Å²) in [6.07, 6.45) is 0.596. The average molecular weight is 340 g/mol. The highest BCUT2D eigenvalue weighted by Crippen LogP contribution is 2.17. The lowest BCUT2D eigenvalue weighted by Gasteiger charge is -2.08. The van der Waals surface area contributed by atoms with Gasteiger partial charge in [-0.05, 0) is 35.7 Å². The van der Waals surface area contributed by atoms with Gasteiger partial charge in [-0.2, -0.15) is 0 Å². The number of nitrogens with one attached hydrogen (secondary N) is 1. The van der Waals surface area contributed by atoms with Crippen molar-refractivity contribution < 1.29 is 13.2 Å². The van der Waals surface area contributed by atoms with Crippen LogP contribution < -0.4 is 9.46 Å². The van der Waals surface area contributed by atoms with Gasteiger partial charge in [0.05, 0.1) is 12.9 Å². The zero-order valence-corrected chi connectivity index (χ0v) is 13.8. The molecule has 0 aliphatic heterocycles. The standard InChI is InChI=1S/C16H18ClNO3S/c1-21-15-7-4-5-13(11-15)9-10-18-22(19,20)12-14-6-2-3-8-16(14)17/h2-8,11,18H,9-10,12H2,1H3. The smallest absolute Gasteiger partial charge is 0.215 e. The highest BCUT2D eigenvalue weighted by molar-refractivity contribution is 7.88. The molecule has 0 aliphatic rings. The number of benzene rings is 2. The lowest BCUT2D eigenvalue weighted by molar-refractivity contribution is 0.414. The maximum atomic E-state index is 12.1.